The predicted octanol–water partition coefficient (Wildman–Crippen LogP) is 8.62. The van der Waals surface area contributed by atoms with Gasteiger partial charge >= 0.3 is 0 Å². The Kier molecular flexibility index (Phi) is 6.46. The molecule has 1 aliphatic rings. The molecule has 0 N–H and O–H groups in total. The van der Waals surface area contributed by atoms with Gasteiger partial charge in [0.15, 0.2) is 0 Å². The molecular weight excluding hydrogens is 454 g/mol. The third-order valence-electron chi connectivity index (χ3n) is 7.13. The summed E-state index contributed by atoms with van der Waals surface area (Å²) >= 11 is 2.07. The Labute approximate surface area is 218 Å². The highest BCUT2D eigenvalue weighted by Gasteiger charge is 2.55. The summed E-state index contributed by atoms with van der Waals surface area (Å²) < 4.78 is -0.279. The Morgan fingerprint density at radius 2 is 0.917 bits per heavy atom. The van der Waals surface area contributed by atoms with E-state index >= 15 is 0 Å². The maximum atomic E-state index is 2.71. The van der Waals surface area contributed by atoms with E-state index in [-0.39, 0.29) is 16.2 Å². The first kappa shape index (κ1) is 22.8. The van der Waals surface area contributed by atoms with Crippen LogP contribution in [0.25, 0.3) is 0 Å². The van der Waals surface area contributed by atoms with Crippen molar-refractivity contribution in [3.8, 4) is 0 Å². The minimum Gasteiger partial charge on any atom is -0.274 e. The Hall–Kier alpha value is -3.59. The van der Waals surface area contributed by atoms with Gasteiger partial charge in [-0.25, -0.2) is 0 Å². The molecule has 176 valence electrons. The average Bonchev–Trinajstić information content (AvgIpc) is 3.31. The van der Waals surface area contributed by atoms with E-state index in [1.54, 1.807) is 0 Å². The minimum atomic E-state index is -0.279. The van der Waals surface area contributed by atoms with Crippen molar-refractivity contribution in [1.82, 2.24) is 4.90 Å². The molecule has 1 heterocycles. The van der Waals surface area contributed by atoms with Gasteiger partial charge in [0, 0.05) is 6.54 Å². The number of benzene rings is 5. The molecule has 5 aromatic rings. The van der Waals surface area contributed by atoms with Crippen LogP contribution < -0.4 is 0 Å². The standard InChI is InChI=1S/C34H29NS/c1-6-16-27(17-7-1)26-35-32(28-18-8-2-9-19-28)34(30-22-12-4-13-23-30,31-24-14-5-15-25-31)36-33(35)29-20-10-3-11-21-29/h1-25,32-33H,26H2/t32-,33+/m1/s1. The normalized spacial score (nSPS) is 19.2. The molecular formula is C34H29NS. The van der Waals surface area contributed by atoms with E-state index in [1.807, 2.05) is 0 Å². The van der Waals surface area contributed by atoms with E-state index in [9.17, 15) is 0 Å². The smallest absolute Gasteiger partial charge is 0.0873 e. The third kappa shape index (κ3) is 4.17. The van der Waals surface area contributed by atoms with Gasteiger partial charge in [-0.05, 0) is 27.8 Å². The molecule has 0 unspecified atom stereocenters. The number of hydrogen-bond acceptors (Lipinski definition) is 2. The Morgan fingerprint density at radius 3 is 1.42 bits per heavy atom. The van der Waals surface area contributed by atoms with Crippen LogP contribution in [0, 0.1) is 0 Å². The van der Waals surface area contributed by atoms with Crippen molar-refractivity contribution in [2.24, 2.45) is 0 Å². The SMILES string of the molecule is c1ccc(CN2[C@H](c3ccccc3)SC(c3ccccc3)(c3ccccc3)[C@H]2c2ccccc2)cc1. The van der Waals surface area contributed by atoms with E-state index in [0.29, 0.717) is 0 Å². The lowest BCUT2D eigenvalue weighted by atomic mass is 9.79. The summed E-state index contributed by atoms with van der Waals surface area (Å²) in [7, 11) is 0. The first-order valence-electron chi connectivity index (χ1n) is 12.5. The first-order valence-corrected chi connectivity index (χ1v) is 13.4. The fourth-order valence-corrected chi connectivity index (χ4v) is 7.50. The van der Waals surface area contributed by atoms with Crippen LogP contribution in [-0.4, -0.2) is 4.90 Å². The van der Waals surface area contributed by atoms with E-state index < -0.39 is 0 Å². The zero-order chi connectivity index (χ0) is 24.2. The van der Waals surface area contributed by atoms with Crippen LogP contribution in [0.1, 0.15) is 39.2 Å². The van der Waals surface area contributed by atoms with E-state index in [4.69, 9.17) is 0 Å². The molecule has 2 atom stereocenters. The summed E-state index contributed by atoms with van der Waals surface area (Å²) in [6, 6.07) is 55.3. The molecule has 1 saturated heterocycles. The van der Waals surface area contributed by atoms with Crippen LogP contribution in [0.3, 0.4) is 0 Å². The van der Waals surface area contributed by atoms with Gasteiger partial charge in [-0.1, -0.05) is 152 Å². The number of hydrogen-bond donors (Lipinski definition) is 0. The van der Waals surface area contributed by atoms with Gasteiger partial charge in [-0.2, -0.15) is 0 Å². The van der Waals surface area contributed by atoms with Gasteiger partial charge in [0.25, 0.3) is 0 Å². The second-order valence-corrected chi connectivity index (χ2v) is 10.6. The lowest BCUT2D eigenvalue weighted by Gasteiger charge is -2.39. The van der Waals surface area contributed by atoms with Crippen LogP contribution >= 0.6 is 11.8 Å². The summed E-state index contributed by atoms with van der Waals surface area (Å²) in [5.74, 6) is 0. The molecule has 2 heteroatoms. The topological polar surface area (TPSA) is 3.24 Å². The molecule has 0 radical (unpaired) electrons. The van der Waals surface area contributed by atoms with Crippen LogP contribution in [0.15, 0.2) is 152 Å². The van der Waals surface area contributed by atoms with Crippen molar-refractivity contribution in [3.63, 3.8) is 0 Å². The molecule has 1 nitrogen and oxygen atoms in total. The van der Waals surface area contributed by atoms with Crippen molar-refractivity contribution in [3.05, 3.63) is 179 Å². The van der Waals surface area contributed by atoms with Crippen LogP contribution in [0.5, 0.6) is 0 Å². The van der Waals surface area contributed by atoms with Crippen molar-refractivity contribution >= 4 is 11.8 Å². The minimum absolute atomic E-state index is 0.138. The molecule has 5 aromatic carbocycles. The fraction of sp³-hybridized carbons (Fsp3) is 0.118. The van der Waals surface area contributed by atoms with Crippen LogP contribution in [0.4, 0.5) is 0 Å². The Bertz CT molecular complexity index is 1330. The molecule has 0 amide bonds. The highest BCUT2D eigenvalue weighted by Crippen LogP contribution is 2.66. The lowest BCUT2D eigenvalue weighted by molar-refractivity contribution is 0.172. The molecule has 1 fully saturated rings. The quantitative estimate of drug-likeness (QED) is 0.238. The van der Waals surface area contributed by atoms with Crippen molar-refractivity contribution in [2.75, 3.05) is 0 Å². The maximum Gasteiger partial charge on any atom is 0.0873 e. The number of thioether (sulfide) groups is 1. The van der Waals surface area contributed by atoms with Gasteiger partial charge in [-0.3, -0.25) is 4.90 Å². The summed E-state index contributed by atoms with van der Waals surface area (Å²) in [6.07, 6.45) is 0. The zero-order valence-electron chi connectivity index (χ0n) is 20.2. The molecule has 0 saturated carbocycles. The predicted molar refractivity (Wildman–Crippen MR) is 152 cm³/mol. The molecule has 0 spiro atoms. The number of nitrogens with zero attached hydrogens (tertiary/aromatic N) is 1. The van der Waals surface area contributed by atoms with Gasteiger partial charge in [-0.15, -0.1) is 11.8 Å². The lowest BCUT2D eigenvalue weighted by Crippen LogP contribution is -2.35. The van der Waals surface area contributed by atoms with Crippen molar-refractivity contribution < 1.29 is 0 Å². The fourth-order valence-electron chi connectivity index (χ4n) is 5.57. The van der Waals surface area contributed by atoms with Crippen molar-refractivity contribution in [1.29, 1.82) is 0 Å². The monoisotopic (exact) mass is 483 g/mol. The summed E-state index contributed by atoms with van der Waals surface area (Å²) in [5.41, 5.74) is 6.69. The first-order chi connectivity index (χ1) is 17.9. The van der Waals surface area contributed by atoms with E-state index in [2.05, 4.69) is 168 Å². The van der Waals surface area contributed by atoms with Gasteiger partial charge in [0.1, 0.15) is 0 Å². The molecule has 0 bridgehead atoms. The second-order valence-electron chi connectivity index (χ2n) is 9.32. The van der Waals surface area contributed by atoms with Crippen molar-refractivity contribution in [2.45, 2.75) is 22.7 Å². The average molecular weight is 484 g/mol. The number of rotatable bonds is 6. The Morgan fingerprint density at radius 1 is 0.500 bits per heavy atom. The van der Waals surface area contributed by atoms with E-state index in [0.717, 1.165) is 6.54 Å². The highest BCUT2D eigenvalue weighted by molar-refractivity contribution is 8.00. The van der Waals surface area contributed by atoms with Gasteiger partial charge < -0.3 is 0 Å². The second kappa shape index (κ2) is 10.2. The highest BCUT2D eigenvalue weighted by atomic mass is 32.2. The maximum absolute atomic E-state index is 2.71. The summed E-state index contributed by atoms with van der Waals surface area (Å²) in [4.78, 5) is 2.71. The molecule has 36 heavy (non-hydrogen) atoms. The molecule has 0 aliphatic carbocycles. The summed E-state index contributed by atoms with van der Waals surface area (Å²) in [5, 5.41) is 0.192. The van der Waals surface area contributed by atoms with E-state index in [1.165, 1.54) is 27.8 Å². The molecule has 1 aliphatic heterocycles. The summed E-state index contributed by atoms with van der Waals surface area (Å²) in [6.45, 7) is 0.869. The zero-order valence-corrected chi connectivity index (χ0v) is 21.0. The van der Waals surface area contributed by atoms with Crippen LogP contribution in [-0.2, 0) is 11.3 Å². The van der Waals surface area contributed by atoms with Gasteiger partial charge in [0.2, 0.25) is 0 Å². The third-order valence-corrected chi connectivity index (χ3v) is 8.96. The molecule has 0 aromatic heterocycles. The Balaban J connectivity index is 1.63. The molecule has 6 rings (SSSR count). The van der Waals surface area contributed by atoms with Crippen LogP contribution in [0.2, 0.25) is 0 Å². The largest absolute Gasteiger partial charge is 0.274 e. The van der Waals surface area contributed by atoms with Gasteiger partial charge in [0.05, 0.1) is 16.2 Å².